The number of unbranched alkanes of at least 4 members (excludes halogenated alkanes) is 10. The molecule has 3 aromatic carbocycles. The fourth-order valence-corrected chi connectivity index (χ4v) is 5.95. The molecule has 0 atom stereocenters. The molecular weight excluding hydrogens is 439 g/mol. The van der Waals surface area contributed by atoms with Gasteiger partial charge in [0.05, 0.1) is 13.2 Å². The maximum absolute atomic E-state index is 5.89. The van der Waals surface area contributed by atoms with Crippen LogP contribution >= 0.6 is 0 Å². The van der Waals surface area contributed by atoms with Gasteiger partial charge in [0.15, 0.2) is 0 Å². The van der Waals surface area contributed by atoms with E-state index in [0.29, 0.717) is 13.2 Å². The van der Waals surface area contributed by atoms with E-state index in [2.05, 4.69) is 57.2 Å². The van der Waals surface area contributed by atoms with Gasteiger partial charge in [-0.3, -0.25) is 0 Å². The van der Waals surface area contributed by atoms with Gasteiger partial charge in [0.1, 0.15) is 0 Å². The van der Waals surface area contributed by atoms with Crippen molar-refractivity contribution in [2.45, 2.75) is 111 Å². The number of aryl methyl sites for hydroxylation is 3. The second-order valence-electron chi connectivity index (χ2n) is 10.9. The van der Waals surface area contributed by atoms with Crippen LogP contribution in [-0.2, 0) is 22.2 Å². The van der Waals surface area contributed by atoms with E-state index in [4.69, 9.17) is 9.31 Å². The van der Waals surface area contributed by atoms with E-state index >= 15 is 0 Å². The van der Waals surface area contributed by atoms with E-state index in [9.17, 15) is 0 Å². The van der Waals surface area contributed by atoms with Crippen molar-refractivity contribution in [2.24, 2.45) is 0 Å². The lowest BCUT2D eigenvalue weighted by atomic mass is 9.76. The zero-order valence-electron chi connectivity index (χ0n) is 23.2. The highest BCUT2D eigenvalue weighted by molar-refractivity contribution is 6.62. The molecule has 3 heteroatoms. The van der Waals surface area contributed by atoms with Crippen LogP contribution in [0.3, 0.4) is 0 Å². The summed E-state index contributed by atoms with van der Waals surface area (Å²) in [5.74, 6) is 0. The van der Waals surface area contributed by atoms with Gasteiger partial charge in [-0.1, -0.05) is 120 Å². The van der Waals surface area contributed by atoms with Crippen LogP contribution in [0.4, 0.5) is 0 Å². The van der Waals surface area contributed by atoms with E-state index in [0.717, 1.165) is 0 Å². The predicted molar refractivity (Wildman–Crippen MR) is 158 cm³/mol. The van der Waals surface area contributed by atoms with Gasteiger partial charge in [0.25, 0.3) is 0 Å². The van der Waals surface area contributed by atoms with Crippen molar-refractivity contribution in [3.8, 4) is 0 Å². The van der Waals surface area contributed by atoms with Crippen molar-refractivity contribution in [1.82, 2.24) is 0 Å². The molecule has 0 amide bonds. The predicted octanol–water partition coefficient (Wildman–Crippen LogP) is 8.85. The minimum absolute atomic E-state index is 0.216. The minimum Gasteiger partial charge on any atom is -0.405 e. The smallest absolute Gasteiger partial charge is 0.405 e. The van der Waals surface area contributed by atoms with E-state index in [1.165, 1.54) is 122 Å². The molecule has 0 unspecified atom stereocenters. The van der Waals surface area contributed by atoms with Crippen molar-refractivity contribution in [3.05, 3.63) is 53.1 Å². The molecule has 3 aromatic rings. The molecule has 0 bridgehead atoms. The van der Waals surface area contributed by atoms with Crippen LogP contribution < -0.4 is 5.46 Å². The first-order chi connectivity index (χ1) is 17.7. The van der Waals surface area contributed by atoms with Gasteiger partial charge in [-0.25, -0.2) is 0 Å². The summed E-state index contributed by atoms with van der Waals surface area (Å²) in [7, 11) is -0.216. The zero-order chi connectivity index (χ0) is 25.2. The summed E-state index contributed by atoms with van der Waals surface area (Å²) in [6, 6.07) is 14.0. The quantitative estimate of drug-likeness (QED) is 0.121. The summed E-state index contributed by atoms with van der Waals surface area (Å²) in [6.07, 6.45) is 18.4. The monoisotopic (exact) mass is 486 g/mol. The highest BCUT2D eigenvalue weighted by atomic mass is 16.6. The molecule has 1 aliphatic rings. The molecule has 0 saturated carbocycles. The van der Waals surface area contributed by atoms with Crippen molar-refractivity contribution in [1.29, 1.82) is 0 Å². The Morgan fingerprint density at radius 1 is 0.583 bits per heavy atom. The van der Waals surface area contributed by atoms with Crippen LogP contribution in [0.15, 0.2) is 36.4 Å². The summed E-state index contributed by atoms with van der Waals surface area (Å²) >= 11 is 0. The highest BCUT2D eigenvalue weighted by Gasteiger charge is 2.27. The first-order valence-electron chi connectivity index (χ1n) is 14.9. The number of benzene rings is 3. The van der Waals surface area contributed by atoms with Crippen molar-refractivity contribution in [3.63, 3.8) is 0 Å². The molecule has 0 aromatic heterocycles. The standard InChI is InChI=1S/C33H47BO2/c1-4-6-8-10-12-14-16-28-29(17-15-13-11-9-7-5-2)33-25-27(34-35-22-23-36-34)19-21-31(33)30-20-18-26(3)24-32(28)30/h18-21,24-25H,4-17,22-23H2,1-3H3. The van der Waals surface area contributed by atoms with Gasteiger partial charge in [0, 0.05) is 0 Å². The van der Waals surface area contributed by atoms with Gasteiger partial charge in [-0.2, -0.15) is 0 Å². The summed E-state index contributed by atoms with van der Waals surface area (Å²) in [5.41, 5.74) is 5.73. The van der Waals surface area contributed by atoms with E-state index in [1.54, 1.807) is 11.1 Å². The molecule has 0 aliphatic carbocycles. The average molecular weight is 487 g/mol. The fraction of sp³-hybridized carbons (Fsp3) is 0.576. The third-order valence-electron chi connectivity index (χ3n) is 7.98. The van der Waals surface area contributed by atoms with Crippen LogP contribution in [0.2, 0.25) is 0 Å². The molecule has 0 spiro atoms. The SMILES string of the molecule is CCCCCCCCc1c(CCCCCCCC)c2cc(B3OCCO3)ccc2c2ccc(C)cc12. The molecule has 4 rings (SSSR count). The van der Waals surface area contributed by atoms with Crippen molar-refractivity contribution in [2.75, 3.05) is 13.2 Å². The fourth-order valence-electron chi connectivity index (χ4n) is 5.95. The molecule has 1 fully saturated rings. The number of hydrogen-bond donors (Lipinski definition) is 0. The van der Waals surface area contributed by atoms with Crippen LogP contribution in [0.5, 0.6) is 0 Å². The summed E-state index contributed by atoms with van der Waals surface area (Å²) < 4.78 is 11.8. The lowest BCUT2D eigenvalue weighted by Gasteiger charge is -2.19. The number of fused-ring (bicyclic) bond motifs is 3. The molecule has 194 valence electrons. The van der Waals surface area contributed by atoms with E-state index in [1.807, 2.05) is 0 Å². The van der Waals surface area contributed by atoms with Gasteiger partial charge >= 0.3 is 7.12 Å². The Morgan fingerprint density at radius 2 is 1.08 bits per heavy atom. The first-order valence-corrected chi connectivity index (χ1v) is 14.9. The summed E-state index contributed by atoms with van der Waals surface area (Å²) in [6.45, 7) is 8.21. The Kier molecular flexibility index (Phi) is 10.7. The van der Waals surface area contributed by atoms with Gasteiger partial charge in [0.2, 0.25) is 0 Å². The molecule has 0 N–H and O–H groups in total. The Hall–Kier alpha value is -1.84. The Labute approximate surface area is 220 Å². The van der Waals surface area contributed by atoms with Gasteiger partial charge in [-0.15, -0.1) is 0 Å². The lowest BCUT2D eigenvalue weighted by molar-refractivity contribution is 0.365. The maximum Gasteiger partial charge on any atom is 0.494 e. The third-order valence-corrected chi connectivity index (χ3v) is 7.98. The molecule has 2 nitrogen and oxygen atoms in total. The highest BCUT2D eigenvalue weighted by Crippen LogP contribution is 2.35. The van der Waals surface area contributed by atoms with Gasteiger partial charge in [-0.05, 0) is 70.7 Å². The van der Waals surface area contributed by atoms with Crippen molar-refractivity contribution < 1.29 is 9.31 Å². The second kappa shape index (κ2) is 14.2. The molecule has 1 saturated heterocycles. The van der Waals surface area contributed by atoms with Crippen LogP contribution in [0, 0.1) is 6.92 Å². The molecule has 1 aliphatic heterocycles. The minimum atomic E-state index is -0.216. The van der Waals surface area contributed by atoms with E-state index < -0.39 is 0 Å². The maximum atomic E-state index is 5.89. The first kappa shape index (κ1) is 27.2. The summed E-state index contributed by atoms with van der Waals surface area (Å²) in [5, 5.41) is 5.71. The second-order valence-corrected chi connectivity index (χ2v) is 10.9. The van der Waals surface area contributed by atoms with Gasteiger partial charge < -0.3 is 9.31 Å². The normalized spacial score (nSPS) is 13.9. The summed E-state index contributed by atoms with van der Waals surface area (Å²) in [4.78, 5) is 0. The Morgan fingerprint density at radius 3 is 1.67 bits per heavy atom. The van der Waals surface area contributed by atoms with E-state index in [-0.39, 0.29) is 7.12 Å². The van der Waals surface area contributed by atoms with Crippen LogP contribution in [0.25, 0.3) is 21.5 Å². The number of rotatable bonds is 15. The number of hydrogen-bond acceptors (Lipinski definition) is 2. The molecular formula is C33H47BO2. The average Bonchev–Trinajstić information content (AvgIpc) is 3.43. The Bertz CT molecular complexity index is 1100. The largest absolute Gasteiger partial charge is 0.494 e. The Balaban J connectivity index is 1.70. The molecule has 36 heavy (non-hydrogen) atoms. The molecule has 0 radical (unpaired) electrons. The van der Waals surface area contributed by atoms with Crippen LogP contribution in [0.1, 0.15) is 108 Å². The zero-order valence-corrected chi connectivity index (χ0v) is 23.2. The topological polar surface area (TPSA) is 18.5 Å². The van der Waals surface area contributed by atoms with Crippen molar-refractivity contribution >= 4 is 34.1 Å². The molecule has 1 heterocycles. The lowest BCUT2D eigenvalue weighted by Crippen LogP contribution is -2.31. The third kappa shape index (κ3) is 6.93. The van der Waals surface area contributed by atoms with Crippen LogP contribution in [-0.4, -0.2) is 20.3 Å².